The minimum Gasteiger partial charge on any atom is -0.476 e. The van der Waals surface area contributed by atoms with Crippen LogP contribution in [0.15, 0.2) is 18.3 Å². The third kappa shape index (κ3) is 1.46. The molecule has 0 bridgehead atoms. The van der Waals surface area contributed by atoms with Crippen molar-refractivity contribution < 1.29 is 14.7 Å². The Kier molecular flexibility index (Phi) is 2.17. The van der Waals surface area contributed by atoms with Crippen LogP contribution in [-0.2, 0) is 0 Å². The summed E-state index contributed by atoms with van der Waals surface area (Å²) in [5.41, 5.74) is 0.0726. The second kappa shape index (κ2) is 3.36. The van der Waals surface area contributed by atoms with Crippen molar-refractivity contribution in [2.24, 2.45) is 0 Å². The first-order chi connectivity index (χ1) is 7.13. The molecule has 0 spiro atoms. The number of pyridine rings is 1. The number of aromatic carboxylic acids is 1. The molecule has 6 heteroatoms. The smallest absolute Gasteiger partial charge is 0.356 e. The Labute approximate surface area is 88.9 Å². The molecule has 0 unspecified atom stereocenters. The summed E-state index contributed by atoms with van der Waals surface area (Å²) in [4.78, 5) is 25.3. The molecule has 0 amide bonds. The third-order valence-corrected chi connectivity index (χ3v) is 2.17. The largest absolute Gasteiger partial charge is 0.476 e. The first-order valence-corrected chi connectivity index (χ1v) is 4.37. The second-order valence-electron chi connectivity index (χ2n) is 2.84. The SMILES string of the molecule is O=Cc1c(C(=O)O)nc2cc(Cl)ccn12. The second-order valence-corrected chi connectivity index (χ2v) is 3.28. The van der Waals surface area contributed by atoms with E-state index in [-0.39, 0.29) is 11.4 Å². The number of hydrogen-bond donors (Lipinski definition) is 1. The average Bonchev–Trinajstić information content (AvgIpc) is 2.55. The molecule has 1 N–H and O–H groups in total. The van der Waals surface area contributed by atoms with E-state index >= 15 is 0 Å². The average molecular weight is 225 g/mol. The van der Waals surface area contributed by atoms with Gasteiger partial charge in [-0.1, -0.05) is 11.6 Å². The minimum absolute atomic E-state index is 0.00849. The molecule has 2 heterocycles. The van der Waals surface area contributed by atoms with Crippen LogP contribution in [-0.4, -0.2) is 26.7 Å². The summed E-state index contributed by atoms with van der Waals surface area (Å²) in [6.07, 6.45) is 1.96. The molecule has 0 atom stereocenters. The molecule has 0 aliphatic heterocycles. The zero-order valence-electron chi connectivity index (χ0n) is 7.35. The topological polar surface area (TPSA) is 71.7 Å². The Morgan fingerprint density at radius 2 is 2.33 bits per heavy atom. The fraction of sp³-hybridized carbons (Fsp3) is 0. The summed E-state index contributed by atoms with van der Waals surface area (Å²) < 4.78 is 1.38. The van der Waals surface area contributed by atoms with Crippen LogP contribution >= 0.6 is 11.6 Å². The van der Waals surface area contributed by atoms with E-state index in [1.54, 1.807) is 6.07 Å². The highest BCUT2D eigenvalue weighted by atomic mass is 35.5. The summed E-state index contributed by atoms with van der Waals surface area (Å²) >= 11 is 5.71. The van der Waals surface area contributed by atoms with Crippen molar-refractivity contribution in [3.63, 3.8) is 0 Å². The van der Waals surface area contributed by atoms with Gasteiger partial charge in [0.05, 0.1) is 0 Å². The van der Waals surface area contributed by atoms with E-state index in [4.69, 9.17) is 16.7 Å². The van der Waals surface area contributed by atoms with Crippen LogP contribution in [0.2, 0.25) is 5.02 Å². The van der Waals surface area contributed by atoms with Crippen LogP contribution in [0, 0.1) is 0 Å². The van der Waals surface area contributed by atoms with Crippen LogP contribution in [0.1, 0.15) is 21.0 Å². The molecule has 2 rings (SSSR count). The fourth-order valence-electron chi connectivity index (χ4n) is 1.31. The maximum absolute atomic E-state index is 10.8. The van der Waals surface area contributed by atoms with Crippen LogP contribution in [0.25, 0.3) is 5.65 Å². The molecule has 0 saturated heterocycles. The Bertz CT molecular complexity index is 562. The van der Waals surface area contributed by atoms with Gasteiger partial charge in [0.2, 0.25) is 0 Å². The molecule has 0 aliphatic carbocycles. The van der Waals surface area contributed by atoms with Crippen molar-refractivity contribution in [2.75, 3.05) is 0 Å². The minimum atomic E-state index is -1.24. The number of imidazole rings is 1. The van der Waals surface area contributed by atoms with Gasteiger partial charge in [-0.3, -0.25) is 9.20 Å². The summed E-state index contributed by atoms with van der Waals surface area (Å²) in [7, 11) is 0. The highest BCUT2D eigenvalue weighted by Gasteiger charge is 2.17. The van der Waals surface area contributed by atoms with E-state index in [1.165, 1.54) is 16.7 Å². The molecule has 0 aromatic carbocycles. The van der Waals surface area contributed by atoms with E-state index in [2.05, 4.69) is 4.98 Å². The maximum atomic E-state index is 10.8. The summed E-state index contributed by atoms with van der Waals surface area (Å²) in [5.74, 6) is -1.24. The molecule has 0 fully saturated rings. The Morgan fingerprint density at radius 3 is 2.93 bits per heavy atom. The normalized spacial score (nSPS) is 10.5. The quantitative estimate of drug-likeness (QED) is 0.785. The Morgan fingerprint density at radius 1 is 1.60 bits per heavy atom. The van der Waals surface area contributed by atoms with E-state index < -0.39 is 5.97 Å². The number of halogens is 1. The van der Waals surface area contributed by atoms with Gasteiger partial charge in [0.25, 0.3) is 0 Å². The number of aldehydes is 1. The highest BCUT2D eigenvalue weighted by Crippen LogP contribution is 2.15. The van der Waals surface area contributed by atoms with Crippen molar-refractivity contribution in [1.82, 2.24) is 9.38 Å². The Hall–Kier alpha value is -1.88. The molecule has 0 saturated carbocycles. The zero-order chi connectivity index (χ0) is 11.0. The molecule has 76 valence electrons. The van der Waals surface area contributed by atoms with Crippen LogP contribution < -0.4 is 0 Å². The Balaban J connectivity index is 2.84. The van der Waals surface area contributed by atoms with Gasteiger partial charge in [-0.05, 0) is 6.07 Å². The molecular weight excluding hydrogens is 220 g/mol. The van der Waals surface area contributed by atoms with Gasteiger partial charge >= 0.3 is 5.97 Å². The van der Waals surface area contributed by atoms with Crippen molar-refractivity contribution in [1.29, 1.82) is 0 Å². The number of aromatic nitrogens is 2. The monoisotopic (exact) mass is 224 g/mol. The van der Waals surface area contributed by atoms with Gasteiger partial charge in [0, 0.05) is 17.3 Å². The van der Waals surface area contributed by atoms with Gasteiger partial charge < -0.3 is 5.11 Å². The highest BCUT2D eigenvalue weighted by molar-refractivity contribution is 6.30. The van der Waals surface area contributed by atoms with Gasteiger partial charge in [-0.25, -0.2) is 9.78 Å². The van der Waals surface area contributed by atoms with E-state index in [0.717, 1.165) is 0 Å². The number of nitrogens with zero attached hydrogens (tertiary/aromatic N) is 2. The molecule has 2 aromatic rings. The van der Waals surface area contributed by atoms with Crippen LogP contribution in [0.3, 0.4) is 0 Å². The van der Waals surface area contributed by atoms with E-state index in [0.29, 0.717) is 17.0 Å². The standard InChI is InChI=1S/C9H5ClN2O3/c10-5-1-2-12-6(4-13)8(9(14)15)11-7(12)3-5/h1-4H,(H,14,15). The van der Waals surface area contributed by atoms with Gasteiger partial charge in [-0.15, -0.1) is 0 Å². The fourth-order valence-corrected chi connectivity index (χ4v) is 1.46. The molecule has 15 heavy (non-hydrogen) atoms. The molecule has 0 radical (unpaired) electrons. The summed E-state index contributed by atoms with van der Waals surface area (Å²) in [6, 6.07) is 3.04. The number of fused-ring (bicyclic) bond motifs is 1. The lowest BCUT2D eigenvalue weighted by molar-refractivity contribution is 0.0688. The zero-order valence-corrected chi connectivity index (χ0v) is 8.10. The lowest BCUT2D eigenvalue weighted by Gasteiger charge is -1.94. The van der Waals surface area contributed by atoms with Crippen molar-refractivity contribution in [3.8, 4) is 0 Å². The molecule has 0 aliphatic rings. The van der Waals surface area contributed by atoms with Crippen molar-refractivity contribution in [2.45, 2.75) is 0 Å². The van der Waals surface area contributed by atoms with Crippen molar-refractivity contribution >= 4 is 29.5 Å². The predicted octanol–water partition coefficient (Wildman–Crippen LogP) is 1.50. The summed E-state index contributed by atoms with van der Waals surface area (Å²) in [5, 5.41) is 9.23. The lowest BCUT2D eigenvalue weighted by Crippen LogP contribution is -2.02. The summed E-state index contributed by atoms with van der Waals surface area (Å²) in [6.45, 7) is 0. The number of carbonyl (C=O) groups is 2. The lowest BCUT2D eigenvalue weighted by atomic mass is 10.3. The van der Waals surface area contributed by atoms with Crippen LogP contribution in [0.5, 0.6) is 0 Å². The van der Waals surface area contributed by atoms with Gasteiger partial charge in [0.15, 0.2) is 12.0 Å². The van der Waals surface area contributed by atoms with Crippen LogP contribution in [0.4, 0.5) is 0 Å². The predicted molar refractivity (Wildman–Crippen MR) is 52.5 cm³/mol. The first-order valence-electron chi connectivity index (χ1n) is 3.99. The first kappa shape index (κ1) is 9.67. The molecule has 2 aromatic heterocycles. The van der Waals surface area contributed by atoms with E-state index in [9.17, 15) is 9.59 Å². The molecule has 5 nitrogen and oxygen atoms in total. The third-order valence-electron chi connectivity index (χ3n) is 1.94. The van der Waals surface area contributed by atoms with Gasteiger partial charge in [-0.2, -0.15) is 0 Å². The van der Waals surface area contributed by atoms with E-state index in [1.807, 2.05) is 0 Å². The number of hydrogen-bond acceptors (Lipinski definition) is 3. The van der Waals surface area contributed by atoms with Gasteiger partial charge in [0.1, 0.15) is 11.3 Å². The number of carbonyl (C=O) groups excluding carboxylic acids is 1. The number of carboxylic acids is 1. The maximum Gasteiger partial charge on any atom is 0.356 e. The number of carboxylic acid groups (broad SMARTS) is 1. The van der Waals surface area contributed by atoms with Crippen molar-refractivity contribution in [3.05, 3.63) is 34.7 Å². The number of rotatable bonds is 2. The molecular formula is C9H5ClN2O3.